The Morgan fingerprint density at radius 2 is 1.96 bits per heavy atom. The topological polar surface area (TPSA) is 57.9 Å². The van der Waals surface area contributed by atoms with E-state index in [2.05, 4.69) is 0 Å². The van der Waals surface area contributed by atoms with Crippen LogP contribution in [0.25, 0.3) is 11.0 Å². The second kappa shape index (κ2) is 6.66. The standard InChI is InChI=1S/C19H18O5/c1-12(20)16-10-17(22-3)19-15(7-8-23-19)18(16)24-11-13-5-4-6-14(9-13)21-2/h4-10H,11H2,1-3H3. The van der Waals surface area contributed by atoms with Crippen LogP contribution >= 0.6 is 0 Å². The maximum absolute atomic E-state index is 12.0. The molecule has 5 nitrogen and oxygen atoms in total. The van der Waals surface area contributed by atoms with E-state index in [4.69, 9.17) is 18.6 Å². The van der Waals surface area contributed by atoms with Gasteiger partial charge in [-0.3, -0.25) is 4.79 Å². The van der Waals surface area contributed by atoms with Crippen molar-refractivity contribution in [3.05, 3.63) is 53.8 Å². The van der Waals surface area contributed by atoms with Gasteiger partial charge in [0.05, 0.1) is 31.4 Å². The normalized spacial score (nSPS) is 10.6. The predicted molar refractivity (Wildman–Crippen MR) is 90.1 cm³/mol. The first-order chi connectivity index (χ1) is 11.6. The van der Waals surface area contributed by atoms with Gasteiger partial charge in [0.25, 0.3) is 0 Å². The van der Waals surface area contributed by atoms with E-state index in [1.807, 2.05) is 24.3 Å². The monoisotopic (exact) mass is 326 g/mol. The Hall–Kier alpha value is -2.95. The van der Waals surface area contributed by atoms with E-state index in [-0.39, 0.29) is 5.78 Å². The molecule has 0 bridgehead atoms. The summed E-state index contributed by atoms with van der Waals surface area (Å²) >= 11 is 0. The molecule has 1 aromatic heterocycles. The molecule has 0 atom stereocenters. The van der Waals surface area contributed by atoms with Gasteiger partial charge >= 0.3 is 0 Å². The number of rotatable bonds is 6. The Kier molecular flexibility index (Phi) is 4.42. The summed E-state index contributed by atoms with van der Waals surface area (Å²) in [7, 11) is 3.16. The third kappa shape index (κ3) is 2.93. The minimum Gasteiger partial charge on any atom is -0.497 e. The Labute approximate surface area is 139 Å². The predicted octanol–water partition coefficient (Wildman–Crippen LogP) is 4.23. The van der Waals surface area contributed by atoms with Crippen molar-refractivity contribution in [2.75, 3.05) is 14.2 Å². The second-order valence-electron chi connectivity index (χ2n) is 5.32. The molecule has 5 heteroatoms. The van der Waals surface area contributed by atoms with Crippen molar-refractivity contribution < 1.29 is 23.4 Å². The van der Waals surface area contributed by atoms with Crippen LogP contribution in [0.4, 0.5) is 0 Å². The minimum absolute atomic E-state index is 0.1000. The van der Waals surface area contributed by atoms with Crippen molar-refractivity contribution in [1.82, 2.24) is 0 Å². The molecule has 0 spiro atoms. The van der Waals surface area contributed by atoms with Crippen LogP contribution in [-0.2, 0) is 6.61 Å². The van der Waals surface area contributed by atoms with Gasteiger partial charge in [0.2, 0.25) is 0 Å². The molecule has 3 aromatic rings. The van der Waals surface area contributed by atoms with Crippen molar-refractivity contribution >= 4 is 16.8 Å². The Balaban J connectivity index is 2.00. The maximum atomic E-state index is 12.0. The highest BCUT2D eigenvalue weighted by molar-refractivity contribution is 6.04. The average Bonchev–Trinajstić information content (AvgIpc) is 3.09. The third-order valence-electron chi connectivity index (χ3n) is 3.77. The first-order valence-electron chi connectivity index (χ1n) is 7.49. The van der Waals surface area contributed by atoms with E-state index in [0.29, 0.717) is 34.6 Å². The van der Waals surface area contributed by atoms with Gasteiger partial charge in [-0.1, -0.05) is 12.1 Å². The van der Waals surface area contributed by atoms with Crippen LogP contribution in [0, 0.1) is 0 Å². The summed E-state index contributed by atoms with van der Waals surface area (Å²) < 4.78 is 22.0. The molecule has 0 amide bonds. The van der Waals surface area contributed by atoms with Gasteiger partial charge in [0, 0.05) is 0 Å². The summed E-state index contributed by atoms with van der Waals surface area (Å²) in [6.07, 6.45) is 1.55. The van der Waals surface area contributed by atoms with Crippen molar-refractivity contribution in [2.45, 2.75) is 13.5 Å². The number of carbonyl (C=O) groups excluding carboxylic acids is 1. The third-order valence-corrected chi connectivity index (χ3v) is 3.77. The Morgan fingerprint density at radius 3 is 2.67 bits per heavy atom. The zero-order chi connectivity index (χ0) is 17.1. The van der Waals surface area contributed by atoms with Crippen molar-refractivity contribution in [3.8, 4) is 17.2 Å². The molecule has 0 saturated carbocycles. The van der Waals surface area contributed by atoms with Gasteiger partial charge in [-0.2, -0.15) is 0 Å². The molecule has 0 aliphatic rings. The van der Waals surface area contributed by atoms with E-state index in [1.165, 1.54) is 14.0 Å². The number of carbonyl (C=O) groups is 1. The first kappa shape index (κ1) is 15.9. The van der Waals surface area contributed by atoms with Gasteiger partial charge in [0.1, 0.15) is 18.1 Å². The van der Waals surface area contributed by atoms with Crippen LogP contribution in [0.2, 0.25) is 0 Å². The second-order valence-corrected chi connectivity index (χ2v) is 5.32. The summed E-state index contributed by atoms with van der Waals surface area (Å²) in [6.45, 7) is 1.81. The number of ketones is 1. The summed E-state index contributed by atoms with van der Waals surface area (Å²) in [6, 6.07) is 11.0. The highest BCUT2D eigenvalue weighted by Crippen LogP contribution is 2.38. The van der Waals surface area contributed by atoms with Crippen LogP contribution in [0.15, 0.2) is 47.1 Å². The Morgan fingerprint density at radius 1 is 1.12 bits per heavy atom. The lowest BCUT2D eigenvalue weighted by Gasteiger charge is -2.13. The molecule has 124 valence electrons. The quantitative estimate of drug-likeness (QED) is 0.634. The smallest absolute Gasteiger partial charge is 0.179 e. The fourth-order valence-corrected chi connectivity index (χ4v) is 2.57. The molecular weight excluding hydrogens is 308 g/mol. The van der Waals surface area contributed by atoms with Gasteiger partial charge in [-0.05, 0) is 36.8 Å². The molecule has 0 fully saturated rings. The van der Waals surface area contributed by atoms with E-state index in [0.717, 1.165) is 11.3 Å². The lowest BCUT2D eigenvalue weighted by Crippen LogP contribution is -2.03. The molecule has 3 rings (SSSR count). The van der Waals surface area contributed by atoms with Crippen molar-refractivity contribution in [2.24, 2.45) is 0 Å². The molecule has 0 aliphatic carbocycles. The first-order valence-corrected chi connectivity index (χ1v) is 7.49. The van der Waals surface area contributed by atoms with E-state index < -0.39 is 0 Å². The maximum Gasteiger partial charge on any atom is 0.179 e. The fourth-order valence-electron chi connectivity index (χ4n) is 2.57. The number of benzene rings is 2. The van der Waals surface area contributed by atoms with Crippen molar-refractivity contribution in [1.29, 1.82) is 0 Å². The van der Waals surface area contributed by atoms with Gasteiger partial charge in [-0.15, -0.1) is 0 Å². The highest BCUT2D eigenvalue weighted by Gasteiger charge is 2.19. The van der Waals surface area contributed by atoms with Crippen LogP contribution in [0.3, 0.4) is 0 Å². The molecule has 0 saturated heterocycles. The van der Waals surface area contributed by atoms with Crippen LogP contribution < -0.4 is 14.2 Å². The lowest BCUT2D eigenvalue weighted by atomic mass is 10.1. The lowest BCUT2D eigenvalue weighted by molar-refractivity contribution is 0.101. The number of Topliss-reactive ketones (excluding diaryl/α,β-unsaturated/α-hetero) is 1. The van der Waals surface area contributed by atoms with Gasteiger partial charge in [-0.25, -0.2) is 0 Å². The van der Waals surface area contributed by atoms with E-state index in [1.54, 1.807) is 25.5 Å². The van der Waals surface area contributed by atoms with Gasteiger partial charge < -0.3 is 18.6 Å². The molecule has 0 N–H and O–H groups in total. The summed E-state index contributed by atoms with van der Waals surface area (Å²) in [4.78, 5) is 12.0. The van der Waals surface area contributed by atoms with Crippen LogP contribution in [0.5, 0.6) is 17.2 Å². The summed E-state index contributed by atoms with van der Waals surface area (Å²) in [5.74, 6) is 1.66. The summed E-state index contributed by atoms with van der Waals surface area (Å²) in [5.41, 5.74) is 1.96. The van der Waals surface area contributed by atoms with Gasteiger partial charge in [0.15, 0.2) is 17.1 Å². The van der Waals surface area contributed by atoms with Crippen LogP contribution in [-0.4, -0.2) is 20.0 Å². The highest BCUT2D eigenvalue weighted by atomic mass is 16.5. The number of furan rings is 1. The zero-order valence-electron chi connectivity index (χ0n) is 13.8. The largest absolute Gasteiger partial charge is 0.497 e. The molecule has 0 aliphatic heterocycles. The fraction of sp³-hybridized carbons (Fsp3) is 0.211. The SMILES string of the molecule is COc1cccc(COc2c(C(C)=O)cc(OC)c3occc23)c1. The number of ether oxygens (including phenoxy) is 3. The number of fused-ring (bicyclic) bond motifs is 1. The summed E-state index contributed by atoms with van der Waals surface area (Å²) in [5, 5.41) is 0.711. The molecular formula is C19H18O5. The van der Waals surface area contributed by atoms with E-state index >= 15 is 0 Å². The van der Waals surface area contributed by atoms with E-state index in [9.17, 15) is 4.79 Å². The zero-order valence-corrected chi connectivity index (χ0v) is 13.8. The van der Waals surface area contributed by atoms with Crippen molar-refractivity contribution in [3.63, 3.8) is 0 Å². The number of hydrogen-bond acceptors (Lipinski definition) is 5. The minimum atomic E-state index is -0.1000. The molecule has 0 unspecified atom stereocenters. The molecule has 24 heavy (non-hydrogen) atoms. The number of hydrogen-bond donors (Lipinski definition) is 0. The molecule has 0 radical (unpaired) electrons. The number of methoxy groups -OCH3 is 2. The average molecular weight is 326 g/mol. The molecule has 2 aromatic carbocycles. The van der Waals surface area contributed by atoms with Crippen LogP contribution in [0.1, 0.15) is 22.8 Å². The Bertz CT molecular complexity index is 879. The molecule has 1 heterocycles.